The molecule has 0 N–H and O–H groups in total. The number of rotatable bonds is 1. The number of nitrogens with zero attached hydrogens (tertiary/aromatic N) is 1. The molecule has 0 bridgehead atoms. The highest BCUT2D eigenvalue weighted by molar-refractivity contribution is 5.90. The highest BCUT2D eigenvalue weighted by atomic mass is 16.1. The van der Waals surface area contributed by atoms with E-state index in [0.717, 1.165) is 22.9 Å². The highest BCUT2D eigenvalue weighted by Gasteiger charge is 2.06. The fraction of sp³-hybridized carbons (Fsp3) is 0.231. The van der Waals surface area contributed by atoms with Crippen LogP contribution in [0.3, 0.4) is 0 Å². The Bertz CT molecular complexity index is 544. The van der Waals surface area contributed by atoms with Crippen LogP contribution in [0.4, 0.5) is 0 Å². The van der Waals surface area contributed by atoms with Crippen LogP contribution < -0.4 is 0 Å². The predicted octanol–water partition coefficient (Wildman–Crippen LogP) is 2.97. The number of benzene rings is 1. The van der Waals surface area contributed by atoms with Crippen LogP contribution in [-0.4, -0.2) is 11.3 Å². The maximum Gasteiger partial charge on any atom is 0.168 e. The van der Waals surface area contributed by atoms with Gasteiger partial charge in [-0.3, -0.25) is 4.79 Å². The monoisotopic (exact) mass is 199 g/mol. The molecule has 1 heterocycles. The smallest absolute Gasteiger partial charge is 0.168 e. The van der Waals surface area contributed by atoms with Crippen molar-refractivity contribution >= 4 is 17.2 Å². The van der Waals surface area contributed by atoms with Gasteiger partial charge in [-0.1, -0.05) is 12.1 Å². The number of hydrogen-bond donors (Lipinski definition) is 0. The molecule has 0 aliphatic heterocycles. The Morgan fingerprint density at radius 3 is 2.40 bits per heavy atom. The minimum absolute atomic E-state index is 0.508. The quantitative estimate of drug-likeness (QED) is 0.661. The zero-order chi connectivity index (χ0) is 11.0. The summed E-state index contributed by atoms with van der Waals surface area (Å²) in [5.74, 6) is 0. The van der Waals surface area contributed by atoms with Crippen molar-refractivity contribution in [2.24, 2.45) is 0 Å². The minimum Gasteiger partial charge on any atom is -0.296 e. The molecule has 76 valence electrons. The van der Waals surface area contributed by atoms with Gasteiger partial charge in [0, 0.05) is 5.39 Å². The van der Waals surface area contributed by atoms with E-state index >= 15 is 0 Å². The van der Waals surface area contributed by atoms with Gasteiger partial charge >= 0.3 is 0 Å². The summed E-state index contributed by atoms with van der Waals surface area (Å²) in [7, 11) is 0. The van der Waals surface area contributed by atoms with Crippen molar-refractivity contribution in [1.29, 1.82) is 0 Å². The van der Waals surface area contributed by atoms with E-state index in [0.29, 0.717) is 5.69 Å². The summed E-state index contributed by atoms with van der Waals surface area (Å²) >= 11 is 0. The van der Waals surface area contributed by atoms with Gasteiger partial charge in [-0.2, -0.15) is 0 Å². The van der Waals surface area contributed by atoms with Crippen molar-refractivity contribution in [3.63, 3.8) is 0 Å². The molecule has 2 rings (SSSR count). The molecule has 1 aromatic carbocycles. The Morgan fingerprint density at radius 1 is 1.07 bits per heavy atom. The van der Waals surface area contributed by atoms with Crippen LogP contribution in [0.5, 0.6) is 0 Å². The van der Waals surface area contributed by atoms with Gasteiger partial charge in [0.2, 0.25) is 0 Å². The SMILES string of the molecule is Cc1ccc(C)c2c(C)cc(C=O)nc12. The van der Waals surface area contributed by atoms with Crippen LogP contribution in [-0.2, 0) is 0 Å². The first-order valence-electron chi connectivity index (χ1n) is 4.96. The summed E-state index contributed by atoms with van der Waals surface area (Å²) < 4.78 is 0. The average Bonchev–Trinajstić information content (AvgIpc) is 2.23. The van der Waals surface area contributed by atoms with Gasteiger partial charge < -0.3 is 0 Å². The highest BCUT2D eigenvalue weighted by Crippen LogP contribution is 2.23. The number of aryl methyl sites for hydroxylation is 3. The summed E-state index contributed by atoms with van der Waals surface area (Å²) in [6.07, 6.45) is 0.800. The lowest BCUT2D eigenvalue weighted by Crippen LogP contribution is -1.94. The van der Waals surface area contributed by atoms with Crippen LogP contribution in [0, 0.1) is 20.8 Å². The summed E-state index contributed by atoms with van der Waals surface area (Å²) in [6, 6.07) is 5.97. The fourth-order valence-corrected chi connectivity index (χ4v) is 1.95. The van der Waals surface area contributed by atoms with Gasteiger partial charge in [0.15, 0.2) is 6.29 Å². The summed E-state index contributed by atoms with van der Waals surface area (Å²) in [4.78, 5) is 15.1. The van der Waals surface area contributed by atoms with Crippen LogP contribution in [0.1, 0.15) is 27.2 Å². The van der Waals surface area contributed by atoms with Crippen molar-refractivity contribution in [3.05, 3.63) is 40.6 Å². The minimum atomic E-state index is 0.508. The molecule has 1 aromatic heterocycles. The first kappa shape index (κ1) is 9.84. The molecular formula is C13H13NO. The fourth-order valence-electron chi connectivity index (χ4n) is 1.95. The number of aromatic nitrogens is 1. The summed E-state index contributed by atoms with van der Waals surface area (Å²) in [5, 5.41) is 1.17. The summed E-state index contributed by atoms with van der Waals surface area (Å²) in [6.45, 7) is 6.10. The number of hydrogen-bond acceptors (Lipinski definition) is 2. The van der Waals surface area contributed by atoms with E-state index in [1.807, 2.05) is 26.0 Å². The van der Waals surface area contributed by atoms with Crippen molar-refractivity contribution in [2.45, 2.75) is 20.8 Å². The standard InChI is InChI=1S/C13H13NO/c1-8-4-5-9(2)13-12(8)10(3)6-11(7-15)14-13/h4-7H,1-3H3. The number of pyridine rings is 1. The molecule has 0 radical (unpaired) electrons. The van der Waals surface area contributed by atoms with E-state index in [1.54, 1.807) is 0 Å². The number of fused-ring (bicyclic) bond motifs is 1. The van der Waals surface area contributed by atoms with Crippen molar-refractivity contribution < 1.29 is 4.79 Å². The normalized spacial score (nSPS) is 10.6. The lowest BCUT2D eigenvalue weighted by Gasteiger charge is -2.08. The Morgan fingerprint density at radius 2 is 1.73 bits per heavy atom. The van der Waals surface area contributed by atoms with E-state index in [4.69, 9.17) is 0 Å². The summed E-state index contributed by atoms with van der Waals surface area (Å²) in [5.41, 5.74) is 4.88. The number of aldehydes is 1. The van der Waals surface area contributed by atoms with Crippen molar-refractivity contribution in [1.82, 2.24) is 4.98 Å². The first-order chi connectivity index (χ1) is 7.13. The molecule has 0 spiro atoms. The molecule has 0 aliphatic carbocycles. The largest absolute Gasteiger partial charge is 0.296 e. The van der Waals surface area contributed by atoms with Gasteiger partial charge in [-0.15, -0.1) is 0 Å². The number of carbonyl (C=O) groups is 1. The molecular weight excluding hydrogens is 186 g/mol. The maximum atomic E-state index is 10.7. The lowest BCUT2D eigenvalue weighted by molar-refractivity contribution is 0.111. The molecule has 0 saturated carbocycles. The van der Waals surface area contributed by atoms with E-state index in [2.05, 4.69) is 18.0 Å². The molecule has 0 fully saturated rings. The number of carbonyl (C=O) groups excluding carboxylic acids is 1. The molecule has 15 heavy (non-hydrogen) atoms. The van der Waals surface area contributed by atoms with Crippen molar-refractivity contribution in [2.75, 3.05) is 0 Å². The van der Waals surface area contributed by atoms with E-state index in [9.17, 15) is 4.79 Å². The molecule has 2 heteroatoms. The second-order valence-electron chi connectivity index (χ2n) is 3.90. The second-order valence-corrected chi connectivity index (χ2v) is 3.90. The van der Waals surface area contributed by atoms with Gasteiger partial charge in [-0.25, -0.2) is 4.98 Å². The third kappa shape index (κ3) is 1.52. The topological polar surface area (TPSA) is 30.0 Å². The predicted molar refractivity (Wildman–Crippen MR) is 61.3 cm³/mol. The Kier molecular flexibility index (Phi) is 2.27. The zero-order valence-corrected chi connectivity index (χ0v) is 9.16. The third-order valence-electron chi connectivity index (χ3n) is 2.71. The van der Waals surface area contributed by atoms with Crippen LogP contribution in [0.2, 0.25) is 0 Å². The average molecular weight is 199 g/mol. The molecule has 0 atom stereocenters. The van der Waals surface area contributed by atoms with E-state index < -0.39 is 0 Å². The van der Waals surface area contributed by atoms with E-state index in [-0.39, 0.29) is 0 Å². The van der Waals surface area contributed by atoms with Gasteiger partial charge in [0.1, 0.15) is 5.69 Å². The molecule has 0 saturated heterocycles. The van der Waals surface area contributed by atoms with Crippen molar-refractivity contribution in [3.8, 4) is 0 Å². The molecule has 2 aromatic rings. The van der Waals surface area contributed by atoms with Crippen LogP contribution in [0.25, 0.3) is 10.9 Å². The molecule has 0 aliphatic rings. The Labute approximate surface area is 89.0 Å². The van der Waals surface area contributed by atoms with Crippen LogP contribution >= 0.6 is 0 Å². The first-order valence-corrected chi connectivity index (χ1v) is 4.96. The van der Waals surface area contributed by atoms with Gasteiger partial charge in [-0.05, 0) is 43.5 Å². The molecule has 0 unspecified atom stereocenters. The lowest BCUT2D eigenvalue weighted by atomic mass is 10.0. The maximum absolute atomic E-state index is 10.7. The van der Waals surface area contributed by atoms with Gasteiger partial charge in [0.25, 0.3) is 0 Å². The van der Waals surface area contributed by atoms with E-state index in [1.165, 1.54) is 10.9 Å². The molecule has 2 nitrogen and oxygen atoms in total. The Balaban J connectivity index is 2.96. The third-order valence-corrected chi connectivity index (χ3v) is 2.71. The Hall–Kier alpha value is -1.70. The zero-order valence-electron chi connectivity index (χ0n) is 9.16. The second kappa shape index (κ2) is 3.46. The van der Waals surface area contributed by atoms with Gasteiger partial charge in [0.05, 0.1) is 5.52 Å². The molecule has 0 amide bonds. The van der Waals surface area contributed by atoms with Crippen LogP contribution in [0.15, 0.2) is 18.2 Å².